The highest BCUT2D eigenvalue weighted by Gasteiger charge is 1.99. The maximum Gasteiger partial charge on any atom is 0.246 e. The Morgan fingerprint density at radius 2 is 1.87 bits per heavy atom. The van der Waals surface area contributed by atoms with Crippen molar-refractivity contribution in [2.24, 2.45) is 0 Å². The average Bonchev–Trinajstić information content (AvgIpc) is 2.24. The highest BCUT2D eigenvalue weighted by Crippen LogP contribution is 1.76. The molecule has 0 fully saturated rings. The molecule has 0 aromatic heterocycles. The predicted octanol–water partition coefficient (Wildman–Crippen LogP) is -0.235. The third-order valence-electron chi connectivity index (χ3n) is 1.68. The number of carbonyl (C=O) groups is 1. The minimum Gasteiger partial charge on any atom is -0.380 e. The van der Waals surface area contributed by atoms with Crippen LogP contribution in [0.2, 0.25) is 0 Å². The zero-order chi connectivity index (χ0) is 11.4. The first kappa shape index (κ1) is 14.3. The topological polar surface area (TPSA) is 59.6 Å². The highest BCUT2D eigenvalue weighted by molar-refractivity contribution is 5.77. The van der Waals surface area contributed by atoms with E-state index in [1.165, 1.54) is 0 Å². The summed E-state index contributed by atoms with van der Waals surface area (Å²) in [5, 5.41) is 5.80. The van der Waals surface area contributed by atoms with Gasteiger partial charge in [0.1, 0.15) is 6.61 Å². The molecule has 2 N–H and O–H groups in total. The lowest BCUT2D eigenvalue weighted by molar-refractivity contribution is -0.125. The number of hydrogen-bond donors (Lipinski definition) is 2. The normalized spacial score (nSPS) is 10.3. The Morgan fingerprint density at radius 1 is 1.13 bits per heavy atom. The van der Waals surface area contributed by atoms with Crippen molar-refractivity contribution in [3.05, 3.63) is 0 Å². The fraction of sp³-hybridized carbons (Fsp3) is 0.900. The Kier molecular flexibility index (Phi) is 10.9. The molecule has 0 aliphatic rings. The second-order valence-corrected chi connectivity index (χ2v) is 2.95. The molecule has 0 bridgehead atoms. The maximum absolute atomic E-state index is 11.1. The number of rotatable bonds is 10. The summed E-state index contributed by atoms with van der Waals surface area (Å²) in [5.74, 6) is -0.0915. The second kappa shape index (κ2) is 11.4. The standard InChI is InChI=1S/C10H22N2O3/c1-3-11-5-7-15-9-10(13)12-6-8-14-4-2/h11H,3-9H2,1-2H3,(H,12,13). The number of nitrogens with one attached hydrogen (secondary N) is 2. The van der Waals surface area contributed by atoms with E-state index < -0.39 is 0 Å². The summed E-state index contributed by atoms with van der Waals surface area (Å²) in [6.45, 7) is 8.11. The summed E-state index contributed by atoms with van der Waals surface area (Å²) in [4.78, 5) is 11.1. The van der Waals surface area contributed by atoms with E-state index in [1.807, 2.05) is 13.8 Å². The van der Waals surface area contributed by atoms with Crippen molar-refractivity contribution in [3.63, 3.8) is 0 Å². The number of hydrogen-bond acceptors (Lipinski definition) is 4. The summed E-state index contributed by atoms with van der Waals surface area (Å²) in [6.07, 6.45) is 0. The first-order chi connectivity index (χ1) is 7.31. The number of likely N-dealkylation sites (N-methyl/N-ethyl adjacent to an activating group) is 1. The summed E-state index contributed by atoms with van der Waals surface area (Å²) < 4.78 is 10.2. The Balaban J connectivity index is 3.11. The lowest BCUT2D eigenvalue weighted by atomic mass is 10.5. The molecule has 1 amide bonds. The molecule has 0 heterocycles. The van der Waals surface area contributed by atoms with Gasteiger partial charge in [-0.2, -0.15) is 0 Å². The van der Waals surface area contributed by atoms with Gasteiger partial charge < -0.3 is 20.1 Å². The van der Waals surface area contributed by atoms with Gasteiger partial charge in [-0.05, 0) is 13.5 Å². The van der Waals surface area contributed by atoms with Gasteiger partial charge in [-0.15, -0.1) is 0 Å². The van der Waals surface area contributed by atoms with Crippen molar-refractivity contribution >= 4 is 5.91 Å². The third kappa shape index (κ3) is 11.3. The SMILES string of the molecule is CCNCCOCC(=O)NCCOCC. The van der Waals surface area contributed by atoms with Crippen molar-refractivity contribution in [3.8, 4) is 0 Å². The van der Waals surface area contributed by atoms with Gasteiger partial charge in [-0.1, -0.05) is 6.92 Å². The minimum absolute atomic E-state index is 0.0915. The van der Waals surface area contributed by atoms with Crippen molar-refractivity contribution in [1.29, 1.82) is 0 Å². The van der Waals surface area contributed by atoms with E-state index >= 15 is 0 Å². The molecule has 15 heavy (non-hydrogen) atoms. The van der Waals surface area contributed by atoms with Crippen LogP contribution in [0.5, 0.6) is 0 Å². The van der Waals surface area contributed by atoms with Crippen LogP contribution in [-0.4, -0.2) is 52.0 Å². The highest BCUT2D eigenvalue weighted by atomic mass is 16.5. The van der Waals surface area contributed by atoms with Crippen LogP contribution in [0.1, 0.15) is 13.8 Å². The molecule has 5 heteroatoms. The Labute approximate surface area is 91.5 Å². The van der Waals surface area contributed by atoms with Crippen LogP contribution in [0.15, 0.2) is 0 Å². The van der Waals surface area contributed by atoms with Gasteiger partial charge >= 0.3 is 0 Å². The van der Waals surface area contributed by atoms with Crippen LogP contribution in [0.3, 0.4) is 0 Å². The Bertz CT molecular complexity index is 154. The first-order valence-electron chi connectivity index (χ1n) is 5.44. The molecule has 0 aromatic rings. The largest absolute Gasteiger partial charge is 0.380 e. The zero-order valence-electron chi connectivity index (χ0n) is 9.67. The molecule has 5 nitrogen and oxygen atoms in total. The van der Waals surface area contributed by atoms with Gasteiger partial charge in [0.2, 0.25) is 5.91 Å². The molecule has 0 rings (SSSR count). The summed E-state index contributed by atoms with van der Waals surface area (Å²) in [7, 11) is 0. The molecule has 0 radical (unpaired) electrons. The molecule has 0 aliphatic heterocycles. The molecule has 0 spiro atoms. The first-order valence-corrected chi connectivity index (χ1v) is 5.44. The molecule has 0 aliphatic carbocycles. The van der Waals surface area contributed by atoms with E-state index in [9.17, 15) is 4.79 Å². The molecule has 0 atom stereocenters. The van der Waals surface area contributed by atoms with Crippen LogP contribution in [-0.2, 0) is 14.3 Å². The van der Waals surface area contributed by atoms with Gasteiger partial charge in [0.05, 0.1) is 13.2 Å². The lowest BCUT2D eigenvalue weighted by Gasteiger charge is -2.06. The van der Waals surface area contributed by atoms with Gasteiger partial charge in [-0.25, -0.2) is 0 Å². The van der Waals surface area contributed by atoms with E-state index in [2.05, 4.69) is 10.6 Å². The van der Waals surface area contributed by atoms with Crippen LogP contribution < -0.4 is 10.6 Å². The molecule has 0 aromatic carbocycles. The summed E-state index contributed by atoms with van der Waals surface area (Å²) in [5.41, 5.74) is 0. The Morgan fingerprint density at radius 3 is 2.53 bits per heavy atom. The average molecular weight is 218 g/mol. The van der Waals surface area contributed by atoms with Gasteiger partial charge in [0.15, 0.2) is 0 Å². The third-order valence-corrected chi connectivity index (χ3v) is 1.68. The number of ether oxygens (including phenoxy) is 2. The van der Waals surface area contributed by atoms with E-state index in [1.54, 1.807) is 0 Å². The minimum atomic E-state index is -0.0915. The van der Waals surface area contributed by atoms with Crippen molar-refractivity contribution in [2.75, 3.05) is 46.1 Å². The predicted molar refractivity (Wildman–Crippen MR) is 58.9 cm³/mol. The van der Waals surface area contributed by atoms with Crippen LogP contribution in [0, 0.1) is 0 Å². The van der Waals surface area contributed by atoms with Gasteiger partial charge in [0, 0.05) is 19.7 Å². The smallest absolute Gasteiger partial charge is 0.246 e. The lowest BCUT2D eigenvalue weighted by Crippen LogP contribution is -2.31. The summed E-state index contributed by atoms with van der Waals surface area (Å²) in [6, 6.07) is 0. The van der Waals surface area contributed by atoms with Crippen molar-refractivity contribution in [2.45, 2.75) is 13.8 Å². The fourth-order valence-corrected chi connectivity index (χ4v) is 0.944. The van der Waals surface area contributed by atoms with E-state index in [4.69, 9.17) is 9.47 Å². The molecule has 90 valence electrons. The molecular weight excluding hydrogens is 196 g/mol. The van der Waals surface area contributed by atoms with E-state index in [0.717, 1.165) is 13.1 Å². The fourth-order valence-electron chi connectivity index (χ4n) is 0.944. The van der Waals surface area contributed by atoms with Gasteiger partial charge in [-0.3, -0.25) is 4.79 Å². The molecule has 0 saturated carbocycles. The van der Waals surface area contributed by atoms with E-state index in [0.29, 0.717) is 26.4 Å². The monoisotopic (exact) mass is 218 g/mol. The quantitative estimate of drug-likeness (QED) is 0.497. The number of amides is 1. The molecular formula is C10H22N2O3. The van der Waals surface area contributed by atoms with Crippen LogP contribution >= 0.6 is 0 Å². The number of carbonyl (C=O) groups excluding carboxylic acids is 1. The maximum atomic E-state index is 11.1. The Hall–Kier alpha value is -0.650. The molecule has 0 unspecified atom stereocenters. The van der Waals surface area contributed by atoms with E-state index in [-0.39, 0.29) is 12.5 Å². The second-order valence-electron chi connectivity index (χ2n) is 2.95. The zero-order valence-corrected chi connectivity index (χ0v) is 9.67. The van der Waals surface area contributed by atoms with Crippen LogP contribution in [0.4, 0.5) is 0 Å². The van der Waals surface area contributed by atoms with Crippen molar-refractivity contribution < 1.29 is 14.3 Å². The van der Waals surface area contributed by atoms with Crippen molar-refractivity contribution in [1.82, 2.24) is 10.6 Å². The van der Waals surface area contributed by atoms with Crippen LogP contribution in [0.25, 0.3) is 0 Å². The summed E-state index contributed by atoms with van der Waals surface area (Å²) >= 11 is 0. The van der Waals surface area contributed by atoms with Gasteiger partial charge in [0.25, 0.3) is 0 Å². The molecule has 0 saturated heterocycles.